The molecule has 32 heavy (non-hydrogen) atoms. The number of sulfonamides is 1. The Morgan fingerprint density at radius 2 is 1.81 bits per heavy atom. The lowest BCUT2D eigenvalue weighted by Gasteiger charge is -2.31. The second-order valence-corrected chi connectivity index (χ2v) is 9.60. The molecule has 2 aromatic carbocycles. The van der Waals surface area contributed by atoms with Crippen molar-refractivity contribution in [2.45, 2.75) is 39.8 Å². The van der Waals surface area contributed by atoms with Crippen molar-refractivity contribution >= 4 is 27.5 Å². The van der Waals surface area contributed by atoms with Crippen molar-refractivity contribution in [3.8, 4) is 0 Å². The molecule has 0 heterocycles. The van der Waals surface area contributed by atoms with Gasteiger partial charge < -0.3 is 10.2 Å². The summed E-state index contributed by atoms with van der Waals surface area (Å²) in [5.41, 5.74) is 1.41. The van der Waals surface area contributed by atoms with Crippen molar-refractivity contribution < 1.29 is 22.4 Å². The third kappa shape index (κ3) is 6.78. The van der Waals surface area contributed by atoms with Crippen molar-refractivity contribution in [3.05, 3.63) is 65.5 Å². The van der Waals surface area contributed by atoms with Gasteiger partial charge >= 0.3 is 0 Å². The lowest BCUT2D eigenvalue weighted by molar-refractivity contribution is -0.139. The summed E-state index contributed by atoms with van der Waals surface area (Å²) in [6, 6.07) is 11.8. The van der Waals surface area contributed by atoms with E-state index in [1.165, 1.54) is 23.1 Å². The van der Waals surface area contributed by atoms with Gasteiger partial charge in [0, 0.05) is 18.7 Å². The molecule has 2 aromatic rings. The van der Waals surface area contributed by atoms with Crippen LogP contribution in [0.5, 0.6) is 0 Å². The number of carbonyl (C=O) groups is 2. The van der Waals surface area contributed by atoms with Gasteiger partial charge in [0.05, 0.1) is 11.9 Å². The van der Waals surface area contributed by atoms with Crippen LogP contribution in [0.2, 0.25) is 0 Å². The van der Waals surface area contributed by atoms with Crippen LogP contribution in [0.1, 0.15) is 31.4 Å². The summed E-state index contributed by atoms with van der Waals surface area (Å²) >= 11 is 0. The predicted molar refractivity (Wildman–Crippen MR) is 123 cm³/mol. The molecule has 0 aliphatic rings. The van der Waals surface area contributed by atoms with Crippen LogP contribution in [0.3, 0.4) is 0 Å². The van der Waals surface area contributed by atoms with Gasteiger partial charge in [-0.15, -0.1) is 0 Å². The zero-order chi connectivity index (χ0) is 23.9. The maximum Gasteiger partial charge on any atom is 0.244 e. The van der Waals surface area contributed by atoms with Gasteiger partial charge in [0.25, 0.3) is 0 Å². The van der Waals surface area contributed by atoms with Crippen LogP contribution in [0.25, 0.3) is 0 Å². The summed E-state index contributed by atoms with van der Waals surface area (Å²) in [7, 11) is -3.79. The molecular formula is C23H30FN3O4S. The molecule has 1 N–H and O–H groups in total. The van der Waals surface area contributed by atoms with Gasteiger partial charge in [-0.05, 0) is 44.0 Å². The molecule has 0 saturated heterocycles. The number of nitrogens with zero attached hydrogens (tertiary/aromatic N) is 2. The fraction of sp³-hybridized carbons (Fsp3) is 0.391. The van der Waals surface area contributed by atoms with Crippen LogP contribution in [0.4, 0.5) is 10.1 Å². The second-order valence-electron chi connectivity index (χ2n) is 7.69. The van der Waals surface area contributed by atoms with E-state index < -0.39 is 40.2 Å². The Morgan fingerprint density at radius 3 is 2.41 bits per heavy atom. The molecule has 174 valence electrons. The first kappa shape index (κ1) is 25.3. The minimum atomic E-state index is -3.79. The van der Waals surface area contributed by atoms with Crippen molar-refractivity contribution in [1.29, 1.82) is 0 Å². The highest BCUT2D eigenvalue weighted by molar-refractivity contribution is 7.92. The topological polar surface area (TPSA) is 86.8 Å². The number of rotatable bonds is 10. The predicted octanol–water partition coefficient (Wildman–Crippen LogP) is 2.84. The second kappa shape index (κ2) is 11.1. The monoisotopic (exact) mass is 463 g/mol. The lowest BCUT2D eigenvalue weighted by Crippen LogP contribution is -2.51. The van der Waals surface area contributed by atoms with E-state index in [1.54, 1.807) is 31.2 Å². The van der Waals surface area contributed by atoms with Gasteiger partial charge in [-0.2, -0.15) is 0 Å². The summed E-state index contributed by atoms with van der Waals surface area (Å²) < 4.78 is 40.2. The minimum absolute atomic E-state index is 0.169. The van der Waals surface area contributed by atoms with Crippen molar-refractivity contribution in [2.75, 3.05) is 23.7 Å². The zero-order valence-corrected chi connectivity index (χ0v) is 19.7. The number of anilines is 1. The van der Waals surface area contributed by atoms with E-state index in [-0.39, 0.29) is 12.1 Å². The average molecular weight is 464 g/mol. The molecule has 0 aliphatic carbocycles. The first-order chi connectivity index (χ1) is 15.0. The quantitative estimate of drug-likeness (QED) is 0.587. The molecular weight excluding hydrogens is 433 g/mol. The summed E-state index contributed by atoms with van der Waals surface area (Å²) in [5.74, 6) is -1.51. The Bertz CT molecular complexity index is 1060. The lowest BCUT2D eigenvalue weighted by atomic mass is 10.1. The minimum Gasteiger partial charge on any atom is -0.354 e. The maximum atomic E-state index is 14.3. The number of halogens is 1. The number of benzene rings is 2. The van der Waals surface area contributed by atoms with E-state index in [4.69, 9.17) is 0 Å². The number of hydrogen-bond acceptors (Lipinski definition) is 4. The molecule has 0 aromatic heterocycles. The fourth-order valence-electron chi connectivity index (χ4n) is 3.19. The smallest absolute Gasteiger partial charge is 0.244 e. The van der Waals surface area contributed by atoms with E-state index >= 15 is 0 Å². The molecule has 1 atom stereocenters. The first-order valence-electron chi connectivity index (χ1n) is 10.4. The Balaban J connectivity index is 2.38. The Labute approximate surface area is 189 Å². The van der Waals surface area contributed by atoms with Gasteiger partial charge in [0.15, 0.2) is 0 Å². The van der Waals surface area contributed by atoms with Crippen LogP contribution in [-0.2, 0) is 26.2 Å². The van der Waals surface area contributed by atoms with Crippen molar-refractivity contribution in [1.82, 2.24) is 10.2 Å². The standard InChI is InChI=1S/C23H30FN3O4S/c1-5-13-25-23(29)18(3)26(15-19-10-6-7-12-21(19)24)22(28)16-27(32(4,30)31)20-11-8-9-17(2)14-20/h6-12,14,18H,5,13,15-16H2,1-4H3,(H,25,29)/t18-/m1/s1. The average Bonchev–Trinajstić information content (AvgIpc) is 2.73. The van der Waals surface area contributed by atoms with E-state index in [0.717, 1.165) is 22.5 Å². The summed E-state index contributed by atoms with van der Waals surface area (Å²) in [4.78, 5) is 27.1. The summed E-state index contributed by atoms with van der Waals surface area (Å²) in [6.45, 7) is 5.01. The van der Waals surface area contributed by atoms with Crippen molar-refractivity contribution in [2.24, 2.45) is 0 Å². The summed E-state index contributed by atoms with van der Waals surface area (Å²) in [6.07, 6.45) is 1.73. The SMILES string of the molecule is CCCNC(=O)[C@@H](C)N(Cc1ccccc1F)C(=O)CN(c1cccc(C)c1)S(C)(=O)=O. The number of carbonyl (C=O) groups excluding carboxylic acids is 2. The van der Waals surface area contributed by atoms with Gasteiger partial charge in [0.2, 0.25) is 21.8 Å². The number of nitrogens with one attached hydrogen (secondary N) is 1. The van der Waals surface area contributed by atoms with E-state index in [1.807, 2.05) is 19.9 Å². The molecule has 2 amide bonds. The Hall–Kier alpha value is -2.94. The molecule has 0 unspecified atom stereocenters. The molecule has 7 nitrogen and oxygen atoms in total. The third-order valence-electron chi connectivity index (χ3n) is 4.98. The Morgan fingerprint density at radius 1 is 1.12 bits per heavy atom. The maximum absolute atomic E-state index is 14.3. The van der Waals surface area contributed by atoms with Crippen molar-refractivity contribution in [3.63, 3.8) is 0 Å². The molecule has 9 heteroatoms. The van der Waals surface area contributed by atoms with Gasteiger partial charge in [-0.1, -0.05) is 37.3 Å². The summed E-state index contributed by atoms with van der Waals surface area (Å²) in [5, 5.41) is 2.73. The highest BCUT2D eigenvalue weighted by Gasteiger charge is 2.30. The molecule has 0 bridgehead atoms. The normalized spacial score (nSPS) is 12.2. The van der Waals surface area contributed by atoms with Crippen LogP contribution < -0.4 is 9.62 Å². The molecule has 0 fully saturated rings. The Kier molecular flexibility index (Phi) is 8.77. The third-order valence-corrected chi connectivity index (χ3v) is 6.12. The highest BCUT2D eigenvalue weighted by Crippen LogP contribution is 2.20. The van der Waals surface area contributed by atoms with Crippen LogP contribution in [0.15, 0.2) is 48.5 Å². The molecule has 0 saturated carbocycles. The van der Waals surface area contributed by atoms with Gasteiger partial charge in [0.1, 0.15) is 18.4 Å². The van der Waals surface area contributed by atoms with Crippen LogP contribution in [-0.4, -0.2) is 50.5 Å². The zero-order valence-electron chi connectivity index (χ0n) is 18.8. The number of amides is 2. The van der Waals surface area contributed by atoms with Crippen LogP contribution >= 0.6 is 0 Å². The van der Waals surface area contributed by atoms with E-state index in [0.29, 0.717) is 12.2 Å². The fourth-order valence-corrected chi connectivity index (χ4v) is 4.03. The number of hydrogen-bond donors (Lipinski definition) is 1. The van der Waals surface area contributed by atoms with Gasteiger partial charge in [-0.3, -0.25) is 13.9 Å². The van der Waals surface area contributed by atoms with Crippen LogP contribution in [0, 0.1) is 12.7 Å². The van der Waals surface area contributed by atoms with E-state index in [9.17, 15) is 22.4 Å². The molecule has 0 aliphatic heterocycles. The molecule has 2 rings (SSSR count). The van der Waals surface area contributed by atoms with Gasteiger partial charge in [-0.25, -0.2) is 12.8 Å². The first-order valence-corrected chi connectivity index (χ1v) is 12.2. The largest absolute Gasteiger partial charge is 0.354 e. The molecule has 0 spiro atoms. The van der Waals surface area contributed by atoms with E-state index in [2.05, 4.69) is 5.32 Å². The highest BCUT2D eigenvalue weighted by atomic mass is 32.2. The number of aryl methyl sites for hydroxylation is 1. The molecule has 0 radical (unpaired) electrons.